The van der Waals surface area contributed by atoms with Gasteiger partial charge in [0, 0.05) is 5.54 Å². The van der Waals surface area contributed by atoms with E-state index in [1.165, 1.54) is 0 Å². The van der Waals surface area contributed by atoms with Crippen LogP contribution < -0.4 is 16.4 Å². The lowest BCUT2D eigenvalue weighted by atomic mass is 10.1. The topological polar surface area (TPSA) is 92.9 Å². The van der Waals surface area contributed by atoms with E-state index in [-0.39, 0.29) is 23.8 Å². The number of hydrogen-bond donors (Lipinski definition) is 3. The summed E-state index contributed by atoms with van der Waals surface area (Å²) in [4.78, 5) is 20.4. The zero-order valence-corrected chi connectivity index (χ0v) is 11.9. The van der Waals surface area contributed by atoms with Crippen molar-refractivity contribution in [3.8, 4) is 0 Å². The molecule has 2 rings (SSSR count). The summed E-state index contributed by atoms with van der Waals surface area (Å²) in [6.45, 7) is 5.88. The molecule has 106 valence electrons. The van der Waals surface area contributed by atoms with Crippen molar-refractivity contribution in [3.05, 3.63) is 24.3 Å². The highest BCUT2D eigenvalue weighted by Crippen LogP contribution is 2.17. The smallest absolute Gasteiger partial charge is 0.239 e. The van der Waals surface area contributed by atoms with E-state index in [2.05, 4.69) is 20.6 Å². The molecular formula is C14H19N5O. The van der Waals surface area contributed by atoms with E-state index in [1.807, 2.05) is 45.0 Å². The maximum atomic E-state index is 11.7. The quantitative estimate of drug-likeness (QED) is 0.788. The largest absolute Gasteiger partial charge is 0.381 e. The second-order valence-electron chi connectivity index (χ2n) is 5.60. The van der Waals surface area contributed by atoms with Gasteiger partial charge in [-0.15, -0.1) is 0 Å². The van der Waals surface area contributed by atoms with Crippen molar-refractivity contribution in [3.63, 3.8) is 0 Å². The van der Waals surface area contributed by atoms with Gasteiger partial charge in [-0.1, -0.05) is 12.1 Å². The normalized spacial score (nSPS) is 11.3. The number of benzene rings is 1. The lowest BCUT2D eigenvalue weighted by Gasteiger charge is -2.20. The molecule has 1 heterocycles. The van der Waals surface area contributed by atoms with Gasteiger partial charge in [0.15, 0.2) is 11.6 Å². The lowest BCUT2D eigenvalue weighted by molar-refractivity contribution is -0.120. The van der Waals surface area contributed by atoms with E-state index in [1.54, 1.807) is 0 Å². The number of nitrogen functional groups attached to an aromatic ring is 1. The molecule has 0 fully saturated rings. The number of carbonyl (C=O) groups is 1. The highest BCUT2D eigenvalue weighted by molar-refractivity contribution is 5.84. The molecule has 0 aliphatic rings. The van der Waals surface area contributed by atoms with Crippen LogP contribution in [0.25, 0.3) is 11.0 Å². The van der Waals surface area contributed by atoms with E-state index >= 15 is 0 Å². The number of rotatable bonds is 3. The number of amides is 1. The monoisotopic (exact) mass is 273 g/mol. The van der Waals surface area contributed by atoms with Crippen LogP contribution in [-0.2, 0) is 4.79 Å². The van der Waals surface area contributed by atoms with E-state index < -0.39 is 0 Å². The van der Waals surface area contributed by atoms with Gasteiger partial charge in [0.1, 0.15) is 0 Å². The van der Waals surface area contributed by atoms with Gasteiger partial charge in [-0.3, -0.25) is 4.79 Å². The number of nitrogens with zero attached hydrogens (tertiary/aromatic N) is 2. The van der Waals surface area contributed by atoms with Crippen LogP contribution in [0.5, 0.6) is 0 Å². The Morgan fingerprint density at radius 2 is 1.80 bits per heavy atom. The van der Waals surface area contributed by atoms with Crippen LogP contribution in [0.1, 0.15) is 20.8 Å². The van der Waals surface area contributed by atoms with Gasteiger partial charge in [0.05, 0.1) is 17.6 Å². The second-order valence-corrected chi connectivity index (χ2v) is 5.60. The van der Waals surface area contributed by atoms with Crippen LogP contribution in [-0.4, -0.2) is 28.0 Å². The van der Waals surface area contributed by atoms with Crippen molar-refractivity contribution in [2.75, 3.05) is 17.6 Å². The van der Waals surface area contributed by atoms with Gasteiger partial charge in [-0.2, -0.15) is 0 Å². The number of carbonyl (C=O) groups excluding carboxylic acids is 1. The summed E-state index contributed by atoms with van der Waals surface area (Å²) in [7, 11) is 0. The maximum Gasteiger partial charge on any atom is 0.239 e. The number of anilines is 2. The Morgan fingerprint density at radius 3 is 2.40 bits per heavy atom. The van der Waals surface area contributed by atoms with Gasteiger partial charge in [0.25, 0.3) is 0 Å². The Morgan fingerprint density at radius 1 is 1.20 bits per heavy atom. The standard InChI is InChI=1S/C14H19N5O/c1-14(2,3)19-11(20)8-16-13-12(15)17-9-6-4-5-7-10(9)18-13/h4-7H,8H2,1-3H3,(H2,15,17)(H,16,18)(H,19,20). The Hall–Kier alpha value is -2.37. The molecule has 4 N–H and O–H groups in total. The summed E-state index contributed by atoms with van der Waals surface area (Å²) >= 11 is 0. The fourth-order valence-electron chi connectivity index (χ4n) is 1.77. The van der Waals surface area contributed by atoms with Crippen LogP contribution in [0, 0.1) is 0 Å². The number of fused-ring (bicyclic) bond motifs is 1. The van der Waals surface area contributed by atoms with Crippen molar-refractivity contribution >= 4 is 28.6 Å². The summed E-state index contributed by atoms with van der Waals surface area (Å²) in [5, 5.41) is 5.77. The van der Waals surface area contributed by atoms with Gasteiger partial charge in [-0.25, -0.2) is 9.97 Å². The summed E-state index contributed by atoms with van der Waals surface area (Å²) < 4.78 is 0. The summed E-state index contributed by atoms with van der Waals surface area (Å²) in [6, 6.07) is 7.45. The maximum absolute atomic E-state index is 11.7. The number of nitrogens with one attached hydrogen (secondary N) is 2. The first-order valence-electron chi connectivity index (χ1n) is 6.42. The van der Waals surface area contributed by atoms with Crippen molar-refractivity contribution < 1.29 is 4.79 Å². The number of nitrogens with two attached hydrogens (primary N) is 1. The number of hydrogen-bond acceptors (Lipinski definition) is 5. The first-order valence-corrected chi connectivity index (χ1v) is 6.42. The molecule has 0 aliphatic heterocycles. The molecule has 1 aromatic carbocycles. The van der Waals surface area contributed by atoms with Crippen LogP contribution in [0.15, 0.2) is 24.3 Å². The summed E-state index contributed by atoms with van der Waals surface area (Å²) in [5.74, 6) is 0.590. The number of aromatic nitrogens is 2. The van der Waals surface area contributed by atoms with Gasteiger partial charge >= 0.3 is 0 Å². The lowest BCUT2D eigenvalue weighted by Crippen LogP contribution is -2.43. The third kappa shape index (κ3) is 3.57. The van der Waals surface area contributed by atoms with Crippen LogP contribution in [0.4, 0.5) is 11.6 Å². The molecule has 0 spiro atoms. The predicted octanol–water partition coefficient (Wildman–Crippen LogP) is 1.54. The zero-order valence-electron chi connectivity index (χ0n) is 11.9. The SMILES string of the molecule is CC(C)(C)NC(=O)CNc1nc2ccccc2nc1N. The molecule has 6 nitrogen and oxygen atoms in total. The molecule has 0 aliphatic carbocycles. The molecular weight excluding hydrogens is 254 g/mol. The molecule has 0 saturated heterocycles. The molecule has 20 heavy (non-hydrogen) atoms. The van der Waals surface area contributed by atoms with Crippen molar-refractivity contribution in [2.45, 2.75) is 26.3 Å². The first-order chi connectivity index (χ1) is 9.35. The zero-order chi connectivity index (χ0) is 14.8. The van der Waals surface area contributed by atoms with Crippen LogP contribution in [0.2, 0.25) is 0 Å². The fraction of sp³-hybridized carbons (Fsp3) is 0.357. The van der Waals surface area contributed by atoms with E-state index in [0.29, 0.717) is 5.82 Å². The predicted molar refractivity (Wildman–Crippen MR) is 80.3 cm³/mol. The minimum atomic E-state index is -0.265. The van der Waals surface area contributed by atoms with Gasteiger partial charge in [-0.05, 0) is 32.9 Å². The average Bonchev–Trinajstić information content (AvgIpc) is 2.34. The van der Waals surface area contributed by atoms with Crippen molar-refractivity contribution in [2.24, 2.45) is 0 Å². The molecule has 1 amide bonds. The Balaban J connectivity index is 2.10. The first kappa shape index (κ1) is 14.0. The van der Waals surface area contributed by atoms with E-state index in [4.69, 9.17) is 5.73 Å². The minimum absolute atomic E-state index is 0.106. The molecule has 0 saturated carbocycles. The molecule has 6 heteroatoms. The third-order valence-corrected chi connectivity index (χ3v) is 2.53. The summed E-state index contributed by atoms with van der Waals surface area (Å²) in [6.07, 6.45) is 0. The fourth-order valence-corrected chi connectivity index (χ4v) is 1.77. The Labute approximate surface area is 117 Å². The molecule has 0 atom stereocenters. The minimum Gasteiger partial charge on any atom is -0.381 e. The highest BCUT2D eigenvalue weighted by Gasteiger charge is 2.14. The molecule has 0 unspecified atom stereocenters. The van der Waals surface area contributed by atoms with Crippen LogP contribution >= 0.6 is 0 Å². The second kappa shape index (κ2) is 5.32. The molecule has 1 aromatic heterocycles. The Kier molecular flexibility index (Phi) is 3.74. The van der Waals surface area contributed by atoms with E-state index in [0.717, 1.165) is 11.0 Å². The van der Waals surface area contributed by atoms with Crippen LogP contribution in [0.3, 0.4) is 0 Å². The van der Waals surface area contributed by atoms with Crippen molar-refractivity contribution in [1.29, 1.82) is 0 Å². The Bertz CT molecular complexity index is 633. The van der Waals surface area contributed by atoms with E-state index in [9.17, 15) is 4.79 Å². The summed E-state index contributed by atoms with van der Waals surface area (Å²) in [5.41, 5.74) is 7.04. The molecule has 0 bridgehead atoms. The average molecular weight is 273 g/mol. The molecule has 2 aromatic rings. The van der Waals surface area contributed by atoms with Crippen molar-refractivity contribution in [1.82, 2.24) is 15.3 Å². The van der Waals surface area contributed by atoms with Gasteiger partial charge in [0.2, 0.25) is 5.91 Å². The van der Waals surface area contributed by atoms with Gasteiger partial charge < -0.3 is 16.4 Å². The number of para-hydroxylation sites is 2. The molecule has 0 radical (unpaired) electrons. The highest BCUT2D eigenvalue weighted by atomic mass is 16.2. The third-order valence-electron chi connectivity index (χ3n) is 2.53.